The number of carbonyl (C=O) groups is 1. The number of nitriles is 1. The van der Waals surface area contributed by atoms with Gasteiger partial charge in [-0.25, -0.2) is 4.79 Å². The smallest absolute Gasteiger partial charge is 0.343 e. The van der Waals surface area contributed by atoms with Crippen LogP contribution in [-0.2, 0) is 6.61 Å². The number of fused-ring (bicyclic) bond motifs is 1. The Kier molecular flexibility index (Phi) is 7.39. The number of esters is 1. The van der Waals surface area contributed by atoms with Gasteiger partial charge in [-0.2, -0.15) is 5.26 Å². The number of halogens is 1. The summed E-state index contributed by atoms with van der Waals surface area (Å²) < 4.78 is 22.3. The molecular weight excluding hydrogens is 516 g/mol. The third-order valence-electron chi connectivity index (χ3n) is 6.29. The van der Waals surface area contributed by atoms with E-state index < -0.39 is 11.9 Å². The zero-order chi connectivity index (χ0) is 27.4. The number of allylic oxidation sites excluding steroid dienone is 1. The maximum atomic E-state index is 12.6. The van der Waals surface area contributed by atoms with Crippen LogP contribution in [0.25, 0.3) is 0 Å². The Hall–Kier alpha value is -4.93. The monoisotopic (exact) mass is 538 g/mol. The molecule has 1 unspecified atom stereocenters. The summed E-state index contributed by atoms with van der Waals surface area (Å²) in [5.41, 5.74) is 9.22. The minimum absolute atomic E-state index is 0.00678. The van der Waals surface area contributed by atoms with Crippen molar-refractivity contribution in [3.8, 4) is 29.1 Å². The SMILES string of the molecule is COc1ccc(C(=O)Oc2ccc3c(c2)OC(N)=C(C#N)C3c2ccc(OCc3ccccc3Cl)cc2)cc1. The summed E-state index contributed by atoms with van der Waals surface area (Å²) in [6, 6.07) is 28.7. The highest BCUT2D eigenvalue weighted by molar-refractivity contribution is 6.31. The Morgan fingerprint density at radius 1 is 0.974 bits per heavy atom. The predicted octanol–water partition coefficient (Wildman–Crippen LogP) is 6.36. The number of hydrogen-bond donors (Lipinski definition) is 1. The van der Waals surface area contributed by atoms with Gasteiger partial charge in [-0.3, -0.25) is 0 Å². The van der Waals surface area contributed by atoms with Crippen LogP contribution in [-0.4, -0.2) is 13.1 Å². The van der Waals surface area contributed by atoms with E-state index in [4.69, 9.17) is 36.3 Å². The summed E-state index contributed by atoms with van der Waals surface area (Å²) in [6.45, 7) is 0.327. The first-order valence-electron chi connectivity index (χ1n) is 12.0. The molecule has 7 nitrogen and oxygen atoms in total. The highest BCUT2D eigenvalue weighted by Gasteiger charge is 2.31. The lowest BCUT2D eigenvalue weighted by Crippen LogP contribution is -2.21. The Morgan fingerprint density at radius 2 is 1.67 bits per heavy atom. The van der Waals surface area contributed by atoms with Crippen molar-refractivity contribution in [3.63, 3.8) is 0 Å². The van der Waals surface area contributed by atoms with E-state index in [1.807, 2.05) is 48.5 Å². The van der Waals surface area contributed by atoms with Crippen molar-refractivity contribution in [3.05, 3.63) is 130 Å². The molecule has 1 aliphatic rings. The molecule has 1 atom stereocenters. The standard InChI is InChI=1S/C31H23ClN2O5/c1-36-22-10-8-20(9-11-22)31(35)38-24-14-15-25-28(16-24)39-30(34)26(17-33)29(25)19-6-12-23(13-7-19)37-18-21-4-2-3-5-27(21)32/h2-16,29H,18,34H2,1H3. The summed E-state index contributed by atoms with van der Waals surface area (Å²) in [5.74, 6) is 0.965. The van der Waals surface area contributed by atoms with Crippen molar-refractivity contribution in [1.82, 2.24) is 0 Å². The van der Waals surface area contributed by atoms with Gasteiger partial charge in [0.2, 0.25) is 5.88 Å². The van der Waals surface area contributed by atoms with E-state index in [0.717, 1.165) is 16.7 Å². The summed E-state index contributed by atoms with van der Waals surface area (Å²) in [6.07, 6.45) is 0. The van der Waals surface area contributed by atoms with E-state index in [9.17, 15) is 10.1 Å². The first-order valence-corrected chi connectivity index (χ1v) is 12.4. The lowest BCUT2D eigenvalue weighted by molar-refractivity contribution is 0.0734. The third-order valence-corrected chi connectivity index (χ3v) is 6.66. The van der Waals surface area contributed by atoms with Crippen LogP contribution in [0.5, 0.6) is 23.0 Å². The zero-order valence-electron chi connectivity index (χ0n) is 20.9. The van der Waals surface area contributed by atoms with Crippen LogP contribution in [0.15, 0.2) is 102 Å². The molecule has 8 heteroatoms. The van der Waals surface area contributed by atoms with Crippen molar-refractivity contribution >= 4 is 17.6 Å². The molecule has 0 aliphatic carbocycles. The average molecular weight is 539 g/mol. The second kappa shape index (κ2) is 11.2. The minimum atomic E-state index is -0.529. The Labute approximate surface area is 230 Å². The lowest BCUT2D eigenvalue weighted by atomic mass is 9.83. The van der Waals surface area contributed by atoms with Gasteiger partial charge in [-0.15, -0.1) is 0 Å². The number of hydrogen-bond acceptors (Lipinski definition) is 7. The van der Waals surface area contributed by atoms with Crippen molar-refractivity contribution < 1.29 is 23.7 Å². The third kappa shape index (κ3) is 5.52. The van der Waals surface area contributed by atoms with Crippen molar-refractivity contribution in [1.29, 1.82) is 5.26 Å². The molecular formula is C31H23ClN2O5. The second-order valence-corrected chi connectivity index (χ2v) is 9.10. The molecule has 194 valence electrons. The van der Waals surface area contributed by atoms with E-state index >= 15 is 0 Å². The number of carbonyl (C=O) groups excluding carboxylic acids is 1. The second-order valence-electron chi connectivity index (χ2n) is 8.69. The van der Waals surface area contributed by atoms with Gasteiger partial charge in [0, 0.05) is 22.2 Å². The molecule has 2 N–H and O–H groups in total. The van der Waals surface area contributed by atoms with E-state index in [-0.39, 0.29) is 17.2 Å². The van der Waals surface area contributed by atoms with Crippen molar-refractivity contribution in [2.75, 3.05) is 7.11 Å². The van der Waals surface area contributed by atoms with Gasteiger partial charge < -0.3 is 24.7 Å². The molecule has 1 heterocycles. The molecule has 0 radical (unpaired) electrons. The van der Waals surface area contributed by atoms with Gasteiger partial charge in [-0.1, -0.05) is 48.0 Å². The molecule has 0 bridgehead atoms. The number of nitrogens with zero attached hydrogens (tertiary/aromatic N) is 1. The maximum Gasteiger partial charge on any atom is 0.343 e. The van der Waals surface area contributed by atoms with Crippen LogP contribution in [0, 0.1) is 11.3 Å². The molecule has 0 aromatic heterocycles. The van der Waals surface area contributed by atoms with Crippen LogP contribution < -0.4 is 24.7 Å². The summed E-state index contributed by atoms with van der Waals surface area (Å²) in [7, 11) is 1.55. The van der Waals surface area contributed by atoms with Crippen LogP contribution in [0.1, 0.15) is 33.0 Å². The Bertz CT molecular complexity index is 1590. The molecule has 4 aromatic rings. The van der Waals surface area contributed by atoms with Gasteiger partial charge >= 0.3 is 5.97 Å². The summed E-state index contributed by atoms with van der Waals surface area (Å²) in [5, 5.41) is 10.5. The van der Waals surface area contributed by atoms with Crippen LogP contribution in [0.2, 0.25) is 5.02 Å². The zero-order valence-corrected chi connectivity index (χ0v) is 21.6. The van der Waals surface area contributed by atoms with Crippen molar-refractivity contribution in [2.45, 2.75) is 12.5 Å². The largest absolute Gasteiger partial charge is 0.497 e. The predicted molar refractivity (Wildman–Crippen MR) is 146 cm³/mol. The number of methoxy groups -OCH3 is 1. The quantitative estimate of drug-likeness (QED) is 0.215. The maximum absolute atomic E-state index is 12.6. The lowest BCUT2D eigenvalue weighted by Gasteiger charge is -2.26. The van der Waals surface area contributed by atoms with E-state index in [1.165, 1.54) is 0 Å². The first-order chi connectivity index (χ1) is 19.0. The Morgan fingerprint density at radius 3 is 2.36 bits per heavy atom. The fourth-order valence-electron chi connectivity index (χ4n) is 4.27. The molecule has 4 aromatic carbocycles. The highest BCUT2D eigenvalue weighted by Crippen LogP contribution is 2.43. The van der Waals surface area contributed by atoms with Gasteiger partial charge in [0.15, 0.2) is 0 Å². The van der Waals surface area contributed by atoms with Gasteiger partial charge in [-0.05, 0) is 54.1 Å². The fourth-order valence-corrected chi connectivity index (χ4v) is 4.46. The van der Waals surface area contributed by atoms with Gasteiger partial charge in [0.1, 0.15) is 41.2 Å². The van der Waals surface area contributed by atoms with Crippen LogP contribution in [0.3, 0.4) is 0 Å². The number of rotatable bonds is 7. The Balaban J connectivity index is 1.37. The van der Waals surface area contributed by atoms with Crippen molar-refractivity contribution in [2.24, 2.45) is 5.73 Å². The first kappa shape index (κ1) is 25.7. The molecule has 0 amide bonds. The number of ether oxygens (including phenoxy) is 4. The normalized spacial score (nSPS) is 14.0. The van der Waals surface area contributed by atoms with Gasteiger partial charge in [0.25, 0.3) is 0 Å². The average Bonchev–Trinajstić information content (AvgIpc) is 2.96. The van der Waals surface area contributed by atoms with E-state index in [2.05, 4.69) is 6.07 Å². The summed E-state index contributed by atoms with van der Waals surface area (Å²) >= 11 is 6.22. The number of nitrogens with two attached hydrogens (primary N) is 1. The van der Waals surface area contributed by atoms with Crippen LogP contribution >= 0.6 is 11.6 Å². The minimum Gasteiger partial charge on any atom is -0.497 e. The molecule has 5 rings (SSSR count). The number of benzene rings is 4. The summed E-state index contributed by atoms with van der Waals surface area (Å²) in [4.78, 5) is 12.6. The van der Waals surface area contributed by atoms with E-state index in [1.54, 1.807) is 49.6 Å². The molecule has 1 aliphatic heterocycles. The van der Waals surface area contributed by atoms with Crippen LogP contribution in [0.4, 0.5) is 0 Å². The molecule has 0 fully saturated rings. The highest BCUT2D eigenvalue weighted by atomic mass is 35.5. The fraction of sp³-hybridized carbons (Fsp3) is 0.0968. The molecule has 0 spiro atoms. The molecule has 0 saturated heterocycles. The molecule has 39 heavy (non-hydrogen) atoms. The topological polar surface area (TPSA) is 104 Å². The molecule has 0 saturated carbocycles. The van der Waals surface area contributed by atoms with E-state index in [0.29, 0.717) is 34.4 Å². The van der Waals surface area contributed by atoms with Gasteiger partial charge in [0.05, 0.1) is 18.6 Å².